The van der Waals surface area contributed by atoms with Crippen LogP contribution in [0.4, 0.5) is 0 Å². The molecule has 0 heterocycles. The zero-order valence-electron chi connectivity index (χ0n) is 23.1. The van der Waals surface area contributed by atoms with E-state index in [9.17, 15) is 0 Å². The van der Waals surface area contributed by atoms with Gasteiger partial charge in [-0.1, -0.05) is 183 Å². The Morgan fingerprint density at radius 3 is 1.34 bits per heavy atom. The van der Waals surface area contributed by atoms with E-state index in [0.29, 0.717) is 0 Å². The average molecular weight is 521 g/mol. The SMILES string of the molecule is C=CCl.C=Cc1ccc(C)cc1.C=Cc1cccc(C)c1.C=Cc1ccccc1.C=Cc1ccccc1C. The molecule has 4 aromatic carbocycles. The quantitative estimate of drug-likeness (QED) is 0.251. The minimum atomic E-state index is 1.17. The van der Waals surface area contributed by atoms with Crippen molar-refractivity contribution in [1.82, 2.24) is 0 Å². The molecule has 0 aliphatic rings. The van der Waals surface area contributed by atoms with Gasteiger partial charge in [-0.15, -0.1) is 0 Å². The van der Waals surface area contributed by atoms with Crippen molar-refractivity contribution in [2.24, 2.45) is 0 Å². The maximum absolute atomic E-state index is 4.76. The average Bonchev–Trinajstić information content (AvgIpc) is 2.95. The van der Waals surface area contributed by atoms with Crippen LogP contribution in [-0.2, 0) is 0 Å². The third kappa shape index (κ3) is 16.5. The van der Waals surface area contributed by atoms with Gasteiger partial charge in [-0.2, -0.15) is 0 Å². The molecule has 0 radical (unpaired) electrons. The van der Waals surface area contributed by atoms with Crippen molar-refractivity contribution >= 4 is 35.9 Å². The zero-order chi connectivity index (χ0) is 28.6. The lowest BCUT2D eigenvalue weighted by Crippen LogP contribution is -1.75. The van der Waals surface area contributed by atoms with E-state index in [2.05, 4.69) is 102 Å². The van der Waals surface area contributed by atoms with Gasteiger partial charge in [0.2, 0.25) is 0 Å². The molecule has 0 nitrogen and oxygen atoms in total. The van der Waals surface area contributed by atoms with Crippen LogP contribution >= 0.6 is 11.6 Å². The number of benzene rings is 4. The van der Waals surface area contributed by atoms with Crippen molar-refractivity contribution in [1.29, 1.82) is 0 Å². The second-order valence-electron chi connectivity index (χ2n) is 8.06. The lowest BCUT2D eigenvalue weighted by molar-refractivity contribution is 1.45. The lowest BCUT2D eigenvalue weighted by atomic mass is 10.1. The smallest absolute Gasteiger partial charge is 0.00296 e. The maximum atomic E-state index is 4.76. The van der Waals surface area contributed by atoms with E-state index >= 15 is 0 Å². The standard InChI is InChI=1S/3C9H10.C8H8.C2H3Cl/c1-3-9-6-4-8(2)5-7-9;1-3-9-6-4-5-8(2)7-9;1-3-9-7-5-4-6-8(9)2;1-2-8-6-4-3-5-7-8;1-2-3/h3*3-7H,1H2,2H3;2-7H,1H2;2H,1H2. The topological polar surface area (TPSA) is 0 Å². The maximum Gasteiger partial charge on any atom is -0.00296 e. The summed E-state index contributed by atoms with van der Waals surface area (Å²) in [7, 11) is 0. The normalized spacial score (nSPS) is 8.53. The second kappa shape index (κ2) is 22.1. The summed E-state index contributed by atoms with van der Waals surface area (Å²) >= 11 is 4.76. The third-order valence-corrected chi connectivity index (χ3v) is 5.03. The van der Waals surface area contributed by atoms with Gasteiger partial charge in [0, 0.05) is 0 Å². The summed E-state index contributed by atoms with van der Waals surface area (Å²) < 4.78 is 0. The van der Waals surface area contributed by atoms with Crippen LogP contribution in [0.2, 0.25) is 0 Å². The molecule has 0 aromatic heterocycles. The van der Waals surface area contributed by atoms with Gasteiger partial charge >= 0.3 is 0 Å². The van der Waals surface area contributed by atoms with Gasteiger partial charge in [-0.25, -0.2) is 0 Å². The molecule has 38 heavy (non-hydrogen) atoms. The van der Waals surface area contributed by atoms with Crippen LogP contribution in [0.1, 0.15) is 38.9 Å². The Balaban J connectivity index is 0.000000464. The number of hydrogen-bond acceptors (Lipinski definition) is 0. The molecule has 0 bridgehead atoms. The van der Waals surface area contributed by atoms with Crippen LogP contribution in [0.15, 0.2) is 142 Å². The highest BCUT2D eigenvalue weighted by molar-refractivity contribution is 6.25. The fraction of sp³-hybridized carbons (Fsp3) is 0.0811. The molecule has 4 rings (SSSR count). The first-order valence-corrected chi connectivity index (χ1v) is 12.7. The summed E-state index contributed by atoms with van der Waals surface area (Å²) in [6.07, 6.45) is 7.40. The van der Waals surface area contributed by atoms with Crippen molar-refractivity contribution in [3.8, 4) is 0 Å². The monoisotopic (exact) mass is 520 g/mol. The van der Waals surface area contributed by atoms with Gasteiger partial charge in [0.15, 0.2) is 0 Å². The zero-order valence-corrected chi connectivity index (χ0v) is 23.9. The minimum Gasteiger partial charge on any atom is -0.0985 e. The van der Waals surface area contributed by atoms with E-state index in [4.69, 9.17) is 11.6 Å². The van der Waals surface area contributed by atoms with Crippen molar-refractivity contribution < 1.29 is 0 Å². The van der Waals surface area contributed by atoms with E-state index in [1.165, 1.54) is 44.5 Å². The molecule has 0 unspecified atom stereocenters. The highest BCUT2D eigenvalue weighted by Gasteiger charge is 1.87. The molecule has 0 amide bonds. The van der Waals surface area contributed by atoms with Gasteiger partial charge < -0.3 is 0 Å². The van der Waals surface area contributed by atoms with Crippen LogP contribution in [0.25, 0.3) is 24.3 Å². The van der Waals surface area contributed by atoms with Crippen LogP contribution in [0.3, 0.4) is 0 Å². The molecule has 0 aliphatic heterocycles. The van der Waals surface area contributed by atoms with E-state index < -0.39 is 0 Å². The summed E-state index contributed by atoms with van der Waals surface area (Å²) in [5.74, 6) is 0. The molecule has 0 N–H and O–H groups in total. The molecule has 0 aliphatic carbocycles. The molecule has 0 atom stereocenters. The van der Waals surface area contributed by atoms with Gasteiger partial charge in [0.05, 0.1) is 0 Å². The highest BCUT2D eigenvalue weighted by Crippen LogP contribution is 2.07. The Hall–Kier alpha value is -4.13. The van der Waals surface area contributed by atoms with Crippen molar-refractivity contribution in [2.45, 2.75) is 20.8 Å². The lowest BCUT2D eigenvalue weighted by Gasteiger charge is -1.95. The summed E-state index contributed by atoms with van der Waals surface area (Å²) in [6.45, 7) is 24.0. The number of rotatable bonds is 4. The van der Waals surface area contributed by atoms with Crippen LogP contribution in [0, 0.1) is 20.8 Å². The molecule has 4 aromatic rings. The van der Waals surface area contributed by atoms with Crippen LogP contribution in [-0.4, -0.2) is 0 Å². The number of hydrogen-bond donors (Lipinski definition) is 0. The molecule has 1 heteroatoms. The Morgan fingerprint density at radius 1 is 0.474 bits per heavy atom. The fourth-order valence-electron chi connectivity index (χ4n) is 2.90. The summed E-state index contributed by atoms with van der Waals surface area (Å²) in [4.78, 5) is 0. The van der Waals surface area contributed by atoms with Gasteiger partial charge in [0.1, 0.15) is 0 Å². The summed E-state index contributed by atoms with van der Waals surface area (Å²) in [6, 6.07) is 34.7. The third-order valence-electron chi connectivity index (χ3n) is 5.03. The molecule has 0 spiro atoms. The molecule has 196 valence electrons. The predicted molar refractivity (Wildman–Crippen MR) is 176 cm³/mol. The predicted octanol–water partition coefficient (Wildman–Crippen LogP) is 11.6. The van der Waals surface area contributed by atoms with Gasteiger partial charge in [-0.3, -0.25) is 0 Å². The first kappa shape index (κ1) is 33.9. The minimum absolute atomic E-state index is 1.17. The molecule has 0 saturated heterocycles. The first-order chi connectivity index (χ1) is 18.3. The van der Waals surface area contributed by atoms with E-state index in [1.807, 2.05) is 78.9 Å². The Bertz CT molecular complexity index is 1220. The van der Waals surface area contributed by atoms with E-state index in [-0.39, 0.29) is 0 Å². The Morgan fingerprint density at radius 2 is 0.947 bits per heavy atom. The second-order valence-corrected chi connectivity index (χ2v) is 8.37. The van der Waals surface area contributed by atoms with Crippen molar-refractivity contribution in [3.05, 3.63) is 181 Å². The molecule has 0 saturated carbocycles. The Kier molecular flexibility index (Phi) is 19.7. The van der Waals surface area contributed by atoms with Gasteiger partial charge in [0.25, 0.3) is 0 Å². The molecule has 0 fully saturated rings. The summed E-state index contributed by atoms with van der Waals surface area (Å²) in [5.41, 5.74) is 9.85. The van der Waals surface area contributed by atoms with E-state index in [0.717, 1.165) is 0 Å². The number of aryl methyl sites for hydroxylation is 3. The molecular formula is C37H41Cl. The first-order valence-electron chi connectivity index (χ1n) is 12.3. The van der Waals surface area contributed by atoms with Crippen molar-refractivity contribution in [3.63, 3.8) is 0 Å². The molecular weight excluding hydrogens is 480 g/mol. The highest BCUT2D eigenvalue weighted by atomic mass is 35.5. The van der Waals surface area contributed by atoms with Crippen molar-refractivity contribution in [2.75, 3.05) is 0 Å². The van der Waals surface area contributed by atoms with Crippen LogP contribution in [0.5, 0.6) is 0 Å². The summed E-state index contributed by atoms with van der Waals surface area (Å²) in [5, 5.41) is 0. The van der Waals surface area contributed by atoms with Crippen LogP contribution < -0.4 is 0 Å². The van der Waals surface area contributed by atoms with Gasteiger partial charge in [-0.05, 0) is 54.1 Å². The number of halogens is 1. The van der Waals surface area contributed by atoms with E-state index in [1.54, 1.807) is 0 Å². The fourth-order valence-corrected chi connectivity index (χ4v) is 2.90. The Labute approximate surface area is 236 Å². The largest absolute Gasteiger partial charge is 0.0985 e.